The zero-order chi connectivity index (χ0) is 11.5. The first-order valence-corrected chi connectivity index (χ1v) is 4.68. The molecule has 5 nitrogen and oxygen atoms in total. The van der Waals surface area contributed by atoms with Crippen molar-refractivity contribution in [1.29, 1.82) is 0 Å². The summed E-state index contributed by atoms with van der Waals surface area (Å²) < 4.78 is 4.80. The lowest BCUT2D eigenvalue weighted by atomic mass is 10.2. The van der Waals surface area contributed by atoms with Gasteiger partial charge in [0, 0.05) is 17.3 Å². The van der Waals surface area contributed by atoms with E-state index >= 15 is 0 Å². The van der Waals surface area contributed by atoms with Gasteiger partial charge in [0.15, 0.2) is 0 Å². The van der Waals surface area contributed by atoms with Gasteiger partial charge in [0.05, 0.1) is 6.20 Å². The molecule has 0 aliphatic rings. The van der Waals surface area contributed by atoms with Crippen molar-refractivity contribution in [2.75, 3.05) is 5.32 Å². The number of benzene rings is 1. The Kier molecular flexibility index (Phi) is 2.59. The third-order valence-electron chi connectivity index (χ3n) is 2.06. The number of hydrogen-bond acceptors (Lipinski definition) is 4. The zero-order valence-electron chi connectivity index (χ0n) is 8.60. The van der Waals surface area contributed by atoms with Gasteiger partial charge in [0.25, 0.3) is 5.91 Å². The van der Waals surface area contributed by atoms with Crippen molar-refractivity contribution < 1.29 is 14.4 Å². The zero-order valence-corrected chi connectivity index (χ0v) is 8.60. The molecular weight excluding hydrogens is 208 g/mol. The highest BCUT2D eigenvalue weighted by Crippen LogP contribution is 2.17. The molecule has 1 heterocycles. The van der Waals surface area contributed by atoms with Crippen LogP contribution in [0.2, 0.25) is 0 Å². The second-order valence-electron chi connectivity index (χ2n) is 3.34. The summed E-state index contributed by atoms with van der Waals surface area (Å²) in [6.45, 7) is 1.73. The number of aryl methyl sites for hydroxylation is 1. The molecule has 0 atom stereocenters. The number of carbonyl (C=O) groups is 1. The third kappa shape index (κ3) is 2.03. The third-order valence-corrected chi connectivity index (χ3v) is 2.06. The molecule has 1 amide bonds. The number of amides is 1. The lowest BCUT2D eigenvalue weighted by Crippen LogP contribution is -2.11. The summed E-state index contributed by atoms with van der Waals surface area (Å²) in [6, 6.07) is 6.28. The second-order valence-corrected chi connectivity index (χ2v) is 3.34. The minimum absolute atomic E-state index is 0.0899. The van der Waals surface area contributed by atoms with Crippen LogP contribution in [0.25, 0.3) is 0 Å². The maximum absolute atomic E-state index is 11.7. The molecular formula is C11H10N2O3. The predicted octanol–water partition coefficient (Wildman–Crippen LogP) is 1.94. The van der Waals surface area contributed by atoms with E-state index in [9.17, 15) is 9.90 Å². The van der Waals surface area contributed by atoms with Crippen molar-refractivity contribution in [2.24, 2.45) is 0 Å². The molecule has 82 valence electrons. The van der Waals surface area contributed by atoms with Crippen LogP contribution in [0.5, 0.6) is 5.75 Å². The quantitative estimate of drug-likeness (QED) is 0.807. The highest BCUT2D eigenvalue weighted by atomic mass is 16.5. The Labute approximate surface area is 91.7 Å². The fourth-order valence-corrected chi connectivity index (χ4v) is 1.28. The van der Waals surface area contributed by atoms with Crippen LogP contribution in [0, 0.1) is 6.92 Å². The highest BCUT2D eigenvalue weighted by molar-refractivity contribution is 6.03. The van der Waals surface area contributed by atoms with Crippen LogP contribution in [0.15, 0.2) is 35.0 Å². The minimum Gasteiger partial charge on any atom is -0.508 e. The van der Waals surface area contributed by atoms with Gasteiger partial charge in [-0.25, -0.2) is 0 Å². The molecule has 0 aliphatic heterocycles. The molecule has 0 bridgehead atoms. The number of phenols is 1. The minimum atomic E-state index is -0.388. The summed E-state index contributed by atoms with van der Waals surface area (Å²) in [7, 11) is 0. The van der Waals surface area contributed by atoms with Gasteiger partial charge in [-0.1, -0.05) is 11.2 Å². The lowest BCUT2D eigenvalue weighted by Gasteiger charge is -2.03. The van der Waals surface area contributed by atoms with E-state index in [1.54, 1.807) is 19.1 Å². The van der Waals surface area contributed by atoms with Crippen molar-refractivity contribution in [1.82, 2.24) is 5.16 Å². The van der Waals surface area contributed by atoms with Crippen LogP contribution in [0.4, 0.5) is 5.69 Å². The van der Waals surface area contributed by atoms with Crippen molar-refractivity contribution in [3.8, 4) is 5.75 Å². The van der Waals surface area contributed by atoms with Crippen molar-refractivity contribution in [3.05, 3.63) is 41.8 Å². The molecule has 2 aromatic rings. The van der Waals surface area contributed by atoms with Crippen molar-refractivity contribution in [2.45, 2.75) is 6.92 Å². The number of phenolic OH excluding ortho intramolecular Hbond substituents is 1. The van der Waals surface area contributed by atoms with Gasteiger partial charge in [0.1, 0.15) is 5.75 Å². The molecule has 1 aromatic carbocycles. The van der Waals surface area contributed by atoms with Gasteiger partial charge in [0.2, 0.25) is 5.76 Å². The Morgan fingerprint density at radius 2 is 2.31 bits per heavy atom. The number of nitrogens with zero attached hydrogens (tertiary/aromatic N) is 1. The molecule has 0 radical (unpaired) electrons. The molecule has 0 saturated heterocycles. The lowest BCUT2D eigenvalue weighted by molar-refractivity contribution is 0.0987. The molecule has 16 heavy (non-hydrogen) atoms. The molecule has 5 heteroatoms. The average Bonchev–Trinajstić information content (AvgIpc) is 2.64. The molecule has 0 fully saturated rings. The van der Waals surface area contributed by atoms with E-state index in [2.05, 4.69) is 10.5 Å². The fourth-order valence-electron chi connectivity index (χ4n) is 1.28. The summed E-state index contributed by atoms with van der Waals surface area (Å²) in [4.78, 5) is 11.7. The van der Waals surface area contributed by atoms with E-state index in [1.807, 2.05) is 0 Å². The van der Waals surface area contributed by atoms with E-state index in [0.29, 0.717) is 11.3 Å². The summed E-state index contributed by atoms with van der Waals surface area (Å²) in [5.74, 6) is -0.129. The number of anilines is 1. The molecule has 2 N–H and O–H groups in total. The maximum Gasteiger partial charge on any atom is 0.294 e. The molecule has 0 saturated carbocycles. The Bertz CT molecular complexity index is 519. The molecule has 1 aromatic heterocycles. The summed E-state index contributed by atoms with van der Waals surface area (Å²) in [5, 5.41) is 15.3. The average molecular weight is 218 g/mol. The number of hydrogen-bond donors (Lipinski definition) is 2. The number of nitrogens with one attached hydrogen (secondary N) is 1. The number of rotatable bonds is 2. The Balaban J connectivity index is 2.17. The van der Waals surface area contributed by atoms with E-state index in [1.165, 1.54) is 18.3 Å². The molecule has 0 unspecified atom stereocenters. The van der Waals surface area contributed by atoms with E-state index in [0.717, 1.165) is 0 Å². The standard InChI is InChI=1S/C11H10N2O3/c1-7-6-12-16-10(7)11(15)13-8-3-2-4-9(14)5-8/h2-6,14H,1H3,(H,13,15). The first-order chi connectivity index (χ1) is 7.66. The van der Waals surface area contributed by atoms with E-state index in [-0.39, 0.29) is 17.4 Å². The Morgan fingerprint density at radius 3 is 2.94 bits per heavy atom. The SMILES string of the molecule is Cc1cnoc1C(=O)Nc1cccc(O)c1. The second kappa shape index (κ2) is 4.06. The van der Waals surface area contributed by atoms with Crippen LogP contribution in [0.3, 0.4) is 0 Å². The number of aromatic nitrogens is 1. The smallest absolute Gasteiger partial charge is 0.294 e. The predicted molar refractivity (Wildman–Crippen MR) is 57.3 cm³/mol. The molecule has 0 aliphatic carbocycles. The first kappa shape index (κ1) is 10.2. The fraction of sp³-hybridized carbons (Fsp3) is 0.0909. The van der Waals surface area contributed by atoms with Crippen LogP contribution in [0.1, 0.15) is 16.1 Å². The van der Waals surface area contributed by atoms with Gasteiger partial charge in [-0.05, 0) is 19.1 Å². The van der Waals surface area contributed by atoms with Crippen LogP contribution >= 0.6 is 0 Å². The van der Waals surface area contributed by atoms with Gasteiger partial charge in [-0.2, -0.15) is 0 Å². The first-order valence-electron chi connectivity index (χ1n) is 4.68. The van der Waals surface area contributed by atoms with Gasteiger partial charge >= 0.3 is 0 Å². The van der Waals surface area contributed by atoms with Gasteiger partial charge in [-0.15, -0.1) is 0 Å². The highest BCUT2D eigenvalue weighted by Gasteiger charge is 2.14. The van der Waals surface area contributed by atoms with Gasteiger partial charge in [-0.3, -0.25) is 4.79 Å². The maximum atomic E-state index is 11.7. The monoisotopic (exact) mass is 218 g/mol. The normalized spacial score (nSPS) is 10.1. The molecule has 2 rings (SSSR count). The summed E-state index contributed by atoms with van der Waals surface area (Å²) >= 11 is 0. The van der Waals surface area contributed by atoms with Crippen molar-refractivity contribution in [3.63, 3.8) is 0 Å². The van der Waals surface area contributed by atoms with E-state index < -0.39 is 0 Å². The Morgan fingerprint density at radius 1 is 1.50 bits per heavy atom. The van der Waals surface area contributed by atoms with Crippen LogP contribution < -0.4 is 5.32 Å². The van der Waals surface area contributed by atoms with Crippen molar-refractivity contribution >= 4 is 11.6 Å². The summed E-state index contributed by atoms with van der Waals surface area (Å²) in [5.41, 5.74) is 1.17. The largest absolute Gasteiger partial charge is 0.508 e. The van der Waals surface area contributed by atoms with Crippen LogP contribution in [-0.4, -0.2) is 16.2 Å². The van der Waals surface area contributed by atoms with E-state index in [4.69, 9.17) is 4.52 Å². The van der Waals surface area contributed by atoms with Crippen LogP contribution in [-0.2, 0) is 0 Å². The summed E-state index contributed by atoms with van der Waals surface area (Å²) in [6.07, 6.45) is 1.47. The van der Waals surface area contributed by atoms with Gasteiger partial charge < -0.3 is 14.9 Å². The Hall–Kier alpha value is -2.30. The number of carbonyl (C=O) groups excluding carboxylic acids is 1. The molecule has 0 spiro atoms. The number of aromatic hydroxyl groups is 1. The topological polar surface area (TPSA) is 75.4 Å².